The lowest BCUT2D eigenvalue weighted by atomic mass is 10.2. The summed E-state index contributed by atoms with van der Waals surface area (Å²) in [4.78, 5) is 18.0. The van der Waals surface area contributed by atoms with Gasteiger partial charge in [-0.3, -0.25) is 10.1 Å². The summed E-state index contributed by atoms with van der Waals surface area (Å²) in [5.74, 6) is 1.02. The maximum Gasteiger partial charge on any atom is 0.271 e. The standard InChI is InChI=1S/C20H14FN3O3/c21-15-5-1-13(2-6-15)12-27-17-8-3-14(4-9-17)20-22-18-10-7-16(24(25)26)11-19(18)23-20/h1-11H,12H2,(H,22,23). The second-order valence-electron chi connectivity index (χ2n) is 5.98. The Labute approximate surface area is 153 Å². The first-order valence-electron chi connectivity index (χ1n) is 8.20. The van der Waals surface area contributed by atoms with Crippen LogP contribution in [0.2, 0.25) is 0 Å². The largest absolute Gasteiger partial charge is 0.489 e. The highest BCUT2D eigenvalue weighted by molar-refractivity contribution is 5.81. The van der Waals surface area contributed by atoms with Crippen LogP contribution in [0.5, 0.6) is 5.75 Å². The van der Waals surface area contributed by atoms with Crippen LogP contribution in [0.3, 0.4) is 0 Å². The van der Waals surface area contributed by atoms with Crippen LogP contribution in [0.25, 0.3) is 22.4 Å². The number of halogens is 1. The van der Waals surface area contributed by atoms with Crippen molar-refractivity contribution in [3.63, 3.8) is 0 Å². The molecule has 7 heteroatoms. The van der Waals surface area contributed by atoms with Crippen molar-refractivity contribution in [1.82, 2.24) is 9.97 Å². The summed E-state index contributed by atoms with van der Waals surface area (Å²) in [5.41, 5.74) is 2.99. The topological polar surface area (TPSA) is 81.1 Å². The molecule has 0 aliphatic rings. The van der Waals surface area contributed by atoms with E-state index < -0.39 is 4.92 Å². The average Bonchev–Trinajstić information content (AvgIpc) is 3.11. The number of fused-ring (bicyclic) bond motifs is 1. The molecule has 3 aromatic carbocycles. The molecule has 27 heavy (non-hydrogen) atoms. The average molecular weight is 363 g/mol. The van der Waals surface area contributed by atoms with Crippen LogP contribution < -0.4 is 4.74 Å². The Morgan fingerprint density at radius 1 is 1.04 bits per heavy atom. The van der Waals surface area contributed by atoms with Crippen LogP contribution in [0.15, 0.2) is 66.7 Å². The molecule has 1 N–H and O–H groups in total. The Bertz CT molecular complexity index is 1110. The monoisotopic (exact) mass is 363 g/mol. The van der Waals surface area contributed by atoms with Crippen LogP contribution in [0.4, 0.5) is 10.1 Å². The van der Waals surface area contributed by atoms with Crippen molar-refractivity contribution < 1.29 is 14.1 Å². The van der Waals surface area contributed by atoms with Gasteiger partial charge in [0.1, 0.15) is 24.0 Å². The van der Waals surface area contributed by atoms with E-state index in [1.54, 1.807) is 18.2 Å². The molecule has 0 amide bonds. The number of imidazole rings is 1. The lowest BCUT2D eigenvalue weighted by Gasteiger charge is -2.07. The SMILES string of the molecule is O=[N+]([O-])c1ccc2nc(-c3ccc(OCc4ccc(F)cc4)cc3)[nH]c2c1. The fraction of sp³-hybridized carbons (Fsp3) is 0.0500. The number of ether oxygens (including phenoxy) is 1. The van der Waals surface area contributed by atoms with E-state index in [4.69, 9.17) is 4.74 Å². The minimum absolute atomic E-state index is 0.0160. The smallest absolute Gasteiger partial charge is 0.271 e. The van der Waals surface area contributed by atoms with Gasteiger partial charge in [0.25, 0.3) is 5.69 Å². The van der Waals surface area contributed by atoms with Crippen molar-refractivity contribution in [2.24, 2.45) is 0 Å². The maximum absolute atomic E-state index is 12.9. The van der Waals surface area contributed by atoms with E-state index >= 15 is 0 Å². The first kappa shape index (κ1) is 16.7. The first-order valence-corrected chi connectivity index (χ1v) is 8.20. The second kappa shape index (κ2) is 6.87. The van der Waals surface area contributed by atoms with Gasteiger partial charge in [-0.05, 0) is 48.0 Å². The highest BCUT2D eigenvalue weighted by Crippen LogP contribution is 2.25. The number of non-ortho nitro benzene ring substituents is 1. The van der Waals surface area contributed by atoms with E-state index in [-0.39, 0.29) is 11.5 Å². The van der Waals surface area contributed by atoms with Crippen molar-refractivity contribution in [1.29, 1.82) is 0 Å². The number of benzene rings is 3. The minimum atomic E-state index is -0.437. The molecule has 0 atom stereocenters. The van der Waals surface area contributed by atoms with Crippen LogP contribution in [0.1, 0.15) is 5.56 Å². The summed E-state index contributed by atoms with van der Waals surface area (Å²) >= 11 is 0. The van der Waals surface area contributed by atoms with E-state index in [9.17, 15) is 14.5 Å². The van der Waals surface area contributed by atoms with E-state index in [0.717, 1.165) is 11.1 Å². The molecule has 0 radical (unpaired) electrons. The third kappa shape index (κ3) is 3.62. The van der Waals surface area contributed by atoms with Crippen LogP contribution in [0, 0.1) is 15.9 Å². The quantitative estimate of drug-likeness (QED) is 0.406. The zero-order valence-corrected chi connectivity index (χ0v) is 14.1. The Kier molecular flexibility index (Phi) is 4.25. The Balaban J connectivity index is 1.50. The van der Waals surface area contributed by atoms with Gasteiger partial charge in [0.2, 0.25) is 0 Å². The number of nitrogens with zero attached hydrogens (tertiary/aromatic N) is 2. The van der Waals surface area contributed by atoms with Gasteiger partial charge in [-0.25, -0.2) is 9.37 Å². The summed E-state index contributed by atoms with van der Waals surface area (Å²) in [5, 5.41) is 10.9. The van der Waals surface area contributed by atoms with Crippen molar-refractivity contribution in [2.75, 3.05) is 0 Å². The third-order valence-electron chi connectivity index (χ3n) is 4.12. The Morgan fingerprint density at radius 2 is 1.78 bits per heavy atom. The molecule has 0 bridgehead atoms. The first-order chi connectivity index (χ1) is 13.1. The molecular weight excluding hydrogens is 349 g/mol. The normalized spacial score (nSPS) is 10.9. The van der Waals surface area contributed by atoms with Gasteiger partial charge in [-0.15, -0.1) is 0 Å². The molecule has 1 heterocycles. The van der Waals surface area contributed by atoms with Crippen molar-refractivity contribution in [3.8, 4) is 17.1 Å². The molecule has 0 aliphatic carbocycles. The number of aromatic nitrogens is 2. The molecule has 1 aromatic heterocycles. The third-order valence-corrected chi connectivity index (χ3v) is 4.12. The molecule has 134 valence electrons. The molecule has 0 spiro atoms. The molecule has 0 unspecified atom stereocenters. The van der Waals surface area contributed by atoms with Gasteiger partial charge in [0, 0.05) is 17.7 Å². The number of nitro groups is 1. The zero-order chi connectivity index (χ0) is 18.8. The van der Waals surface area contributed by atoms with Gasteiger partial charge in [0.15, 0.2) is 0 Å². The van der Waals surface area contributed by atoms with E-state index in [0.29, 0.717) is 29.2 Å². The number of rotatable bonds is 5. The van der Waals surface area contributed by atoms with E-state index in [2.05, 4.69) is 9.97 Å². The summed E-state index contributed by atoms with van der Waals surface area (Å²) in [6.45, 7) is 0.341. The fourth-order valence-corrected chi connectivity index (χ4v) is 2.70. The summed E-state index contributed by atoms with van der Waals surface area (Å²) in [6.07, 6.45) is 0. The highest BCUT2D eigenvalue weighted by atomic mass is 19.1. The number of aromatic amines is 1. The highest BCUT2D eigenvalue weighted by Gasteiger charge is 2.10. The van der Waals surface area contributed by atoms with Crippen LogP contribution >= 0.6 is 0 Å². The predicted octanol–water partition coefficient (Wildman–Crippen LogP) is 4.86. The number of nitrogens with one attached hydrogen (secondary N) is 1. The Hall–Kier alpha value is -3.74. The molecule has 4 aromatic rings. The van der Waals surface area contributed by atoms with Gasteiger partial charge >= 0.3 is 0 Å². The lowest BCUT2D eigenvalue weighted by molar-refractivity contribution is -0.384. The lowest BCUT2D eigenvalue weighted by Crippen LogP contribution is -1.95. The van der Waals surface area contributed by atoms with E-state index in [1.165, 1.54) is 24.3 Å². The van der Waals surface area contributed by atoms with Gasteiger partial charge in [-0.2, -0.15) is 0 Å². The minimum Gasteiger partial charge on any atom is -0.489 e. The van der Waals surface area contributed by atoms with Gasteiger partial charge in [0.05, 0.1) is 16.0 Å². The molecule has 0 fully saturated rings. The van der Waals surface area contributed by atoms with Crippen molar-refractivity contribution >= 4 is 16.7 Å². The van der Waals surface area contributed by atoms with Gasteiger partial charge in [-0.1, -0.05) is 12.1 Å². The molecular formula is C20H14FN3O3. The number of H-pyrrole nitrogens is 1. The van der Waals surface area contributed by atoms with Crippen molar-refractivity contribution in [3.05, 3.63) is 88.2 Å². The number of nitro benzene ring substituents is 1. The summed E-state index contributed by atoms with van der Waals surface area (Å²) in [6, 6.07) is 18.0. The fourth-order valence-electron chi connectivity index (χ4n) is 2.70. The molecule has 0 saturated heterocycles. The predicted molar refractivity (Wildman–Crippen MR) is 98.9 cm³/mol. The summed E-state index contributed by atoms with van der Waals surface area (Å²) < 4.78 is 18.6. The zero-order valence-electron chi connectivity index (χ0n) is 14.1. The molecule has 0 aliphatic heterocycles. The Morgan fingerprint density at radius 3 is 2.48 bits per heavy atom. The molecule has 6 nitrogen and oxygen atoms in total. The van der Waals surface area contributed by atoms with Crippen LogP contribution in [-0.4, -0.2) is 14.9 Å². The number of hydrogen-bond acceptors (Lipinski definition) is 4. The van der Waals surface area contributed by atoms with Crippen LogP contribution in [-0.2, 0) is 6.61 Å². The molecule has 0 saturated carbocycles. The van der Waals surface area contributed by atoms with E-state index in [1.807, 2.05) is 24.3 Å². The number of hydrogen-bond donors (Lipinski definition) is 1. The maximum atomic E-state index is 12.9. The van der Waals surface area contributed by atoms with Crippen molar-refractivity contribution in [2.45, 2.75) is 6.61 Å². The second-order valence-corrected chi connectivity index (χ2v) is 5.98. The van der Waals surface area contributed by atoms with Gasteiger partial charge < -0.3 is 9.72 Å². The summed E-state index contributed by atoms with van der Waals surface area (Å²) in [7, 11) is 0. The molecule has 4 rings (SSSR count).